The monoisotopic (exact) mass is 287 g/mol. The van der Waals surface area contributed by atoms with E-state index in [0.717, 1.165) is 0 Å². The predicted molar refractivity (Wildman–Crippen MR) is 64.7 cm³/mol. The Balaban J connectivity index is 2.11. The third kappa shape index (κ3) is 3.09. The fraction of sp³-hybridized carbons (Fsp3) is 0.385. The van der Waals surface area contributed by atoms with Crippen LogP contribution in [0, 0.1) is 0 Å². The van der Waals surface area contributed by atoms with Crippen LogP contribution in [0.5, 0.6) is 0 Å². The molecule has 0 saturated heterocycles. The highest BCUT2D eigenvalue weighted by Crippen LogP contribution is 2.31. The molecule has 0 unspecified atom stereocenters. The number of benzene rings is 1. The molecule has 1 aliphatic rings. The van der Waals surface area contributed by atoms with E-state index in [9.17, 15) is 22.8 Å². The van der Waals surface area contributed by atoms with Crippen molar-refractivity contribution < 1.29 is 27.9 Å². The van der Waals surface area contributed by atoms with Crippen molar-refractivity contribution >= 4 is 17.6 Å². The Morgan fingerprint density at radius 3 is 2.65 bits per heavy atom. The van der Waals surface area contributed by atoms with E-state index in [1.165, 1.54) is 23.1 Å². The van der Waals surface area contributed by atoms with Gasteiger partial charge in [-0.05, 0) is 30.2 Å². The zero-order valence-electron chi connectivity index (χ0n) is 10.4. The predicted octanol–water partition coefficient (Wildman–Crippen LogP) is 2.62. The van der Waals surface area contributed by atoms with E-state index in [2.05, 4.69) is 0 Å². The van der Waals surface area contributed by atoms with Gasteiger partial charge in [0.15, 0.2) is 0 Å². The van der Waals surface area contributed by atoms with Crippen molar-refractivity contribution in [3.63, 3.8) is 0 Å². The number of anilines is 1. The molecule has 0 aromatic heterocycles. The Morgan fingerprint density at radius 2 is 2.05 bits per heavy atom. The minimum Gasteiger partial charge on any atom is -0.478 e. The molecular formula is C13H12F3NO3. The second-order valence-corrected chi connectivity index (χ2v) is 4.59. The Kier molecular flexibility index (Phi) is 3.69. The Bertz CT molecular complexity index is 554. The van der Waals surface area contributed by atoms with Gasteiger partial charge in [-0.1, -0.05) is 0 Å². The summed E-state index contributed by atoms with van der Waals surface area (Å²) in [6.45, 7) is -0.0161. The van der Waals surface area contributed by atoms with Crippen LogP contribution in [-0.4, -0.2) is 29.7 Å². The minimum absolute atomic E-state index is 0.0161. The van der Waals surface area contributed by atoms with Gasteiger partial charge in [0.1, 0.15) is 0 Å². The summed E-state index contributed by atoms with van der Waals surface area (Å²) in [5.74, 6) is -1.40. The molecule has 1 aromatic rings. The summed E-state index contributed by atoms with van der Waals surface area (Å²) >= 11 is 0. The number of carbonyl (C=O) groups excluding carboxylic acids is 1. The van der Waals surface area contributed by atoms with Crippen LogP contribution >= 0.6 is 0 Å². The molecule has 0 bridgehead atoms. The van der Waals surface area contributed by atoms with E-state index >= 15 is 0 Å². The first-order valence-corrected chi connectivity index (χ1v) is 6.01. The summed E-state index contributed by atoms with van der Waals surface area (Å²) in [5.41, 5.74) is 1.11. The number of hydrogen-bond donors (Lipinski definition) is 1. The zero-order valence-corrected chi connectivity index (χ0v) is 10.4. The van der Waals surface area contributed by atoms with Gasteiger partial charge in [-0.25, -0.2) is 4.79 Å². The molecule has 4 nitrogen and oxygen atoms in total. The van der Waals surface area contributed by atoms with E-state index in [0.29, 0.717) is 11.3 Å². The van der Waals surface area contributed by atoms with Gasteiger partial charge in [-0.15, -0.1) is 0 Å². The van der Waals surface area contributed by atoms with Gasteiger partial charge in [-0.2, -0.15) is 13.2 Å². The number of nitrogens with zero attached hydrogens (tertiary/aromatic N) is 1. The number of halogens is 3. The molecule has 1 aliphatic heterocycles. The Hall–Kier alpha value is -2.05. The molecule has 1 aromatic carbocycles. The van der Waals surface area contributed by atoms with Crippen molar-refractivity contribution in [2.45, 2.75) is 25.4 Å². The number of amides is 1. The molecule has 20 heavy (non-hydrogen) atoms. The van der Waals surface area contributed by atoms with Crippen LogP contribution in [0.4, 0.5) is 18.9 Å². The molecule has 108 valence electrons. The average Bonchev–Trinajstić information content (AvgIpc) is 2.63. The molecular weight excluding hydrogens is 275 g/mol. The molecule has 1 N–H and O–H groups in total. The van der Waals surface area contributed by atoms with Gasteiger partial charge >= 0.3 is 12.1 Å². The first kappa shape index (κ1) is 14.4. The maximum Gasteiger partial charge on any atom is 0.389 e. The number of carboxylic acid groups (broad SMARTS) is 1. The van der Waals surface area contributed by atoms with Crippen LogP contribution in [0.25, 0.3) is 0 Å². The minimum atomic E-state index is -4.24. The van der Waals surface area contributed by atoms with E-state index in [1.807, 2.05) is 0 Å². The maximum atomic E-state index is 12.1. The van der Waals surface area contributed by atoms with Crippen LogP contribution in [0.15, 0.2) is 18.2 Å². The van der Waals surface area contributed by atoms with Crippen molar-refractivity contribution in [1.82, 2.24) is 0 Å². The number of hydrogen-bond acceptors (Lipinski definition) is 2. The lowest BCUT2D eigenvalue weighted by Crippen LogP contribution is -2.28. The van der Waals surface area contributed by atoms with E-state index in [-0.39, 0.29) is 30.9 Å². The van der Waals surface area contributed by atoms with Crippen molar-refractivity contribution in [2.24, 2.45) is 0 Å². The molecule has 0 saturated carbocycles. The summed E-state index contributed by atoms with van der Waals surface area (Å²) in [6, 6.07) is 4.20. The average molecular weight is 287 g/mol. The van der Waals surface area contributed by atoms with Crippen LogP contribution in [0.2, 0.25) is 0 Å². The summed E-state index contributed by atoms with van der Waals surface area (Å²) in [5, 5.41) is 8.86. The molecule has 0 atom stereocenters. The summed E-state index contributed by atoms with van der Waals surface area (Å²) in [6.07, 6.45) is -5.32. The maximum absolute atomic E-state index is 12.1. The first-order valence-electron chi connectivity index (χ1n) is 6.01. The van der Waals surface area contributed by atoms with Crippen molar-refractivity contribution in [2.75, 3.05) is 11.4 Å². The molecule has 0 fully saturated rings. The third-order valence-electron chi connectivity index (χ3n) is 3.10. The number of rotatable bonds is 4. The standard InChI is InChI=1S/C13H12F3NO3/c14-13(15,16)4-1-5-17-10-3-2-8(12(19)20)6-9(10)7-11(17)18/h2-3,6H,1,4-5,7H2,(H,19,20). The van der Waals surface area contributed by atoms with Crippen LogP contribution < -0.4 is 4.90 Å². The highest BCUT2D eigenvalue weighted by molar-refractivity contribution is 6.02. The van der Waals surface area contributed by atoms with Gasteiger partial charge in [0, 0.05) is 18.7 Å². The summed E-state index contributed by atoms with van der Waals surface area (Å²) in [4.78, 5) is 23.9. The lowest BCUT2D eigenvalue weighted by Gasteiger charge is -2.18. The molecule has 0 radical (unpaired) electrons. The molecule has 7 heteroatoms. The first-order chi connectivity index (χ1) is 9.28. The zero-order chi connectivity index (χ0) is 14.9. The fourth-order valence-electron chi connectivity index (χ4n) is 2.20. The third-order valence-corrected chi connectivity index (χ3v) is 3.10. The number of alkyl halides is 3. The topological polar surface area (TPSA) is 57.6 Å². The molecule has 1 amide bonds. The second-order valence-electron chi connectivity index (χ2n) is 4.59. The van der Waals surface area contributed by atoms with Crippen LogP contribution in [0.3, 0.4) is 0 Å². The van der Waals surface area contributed by atoms with E-state index in [4.69, 9.17) is 5.11 Å². The molecule has 0 aliphatic carbocycles. The Morgan fingerprint density at radius 1 is 1.35 bits per heavy atom. The van der Waals surface area contributed by atoms with Crippen molar-refractivity contribution in [3.05, 3.63) is 29.3 Å². The van der Waals surface area contributed by atoms with Crippen LogP contribution in [0.1, 0.15) is 28.8 Å². The van der Waals surface area contributed by atoms with Crippen molar-refractivity contribution in [1.29, 1.82) is 0 Å². The summed E-state index contributed by atoms with van der Waals surface area (Å²) in [7, 11) is 0. The van der Waals surface area contributed by atoms with Crippen molar-refractivity contribution in [3.8, 4) is 0 Å². The number of carbonyl (C=O) groups is 2. The van der Waals surface area contributed by atoms with Gasteiger partial charge in [-0.3, -0.25) is 4.79 Å². The lowest BCUT2D eigenvalue weighted by molar-refractivity contribution is -0.135. The van der Waals surface area contributed by atoms with E-state index in [1.54, 1.807) is 0 Å². The molecule has 0 spiro atoms. The number of carboxylic acids is 1. The number of fused-ring (bicyclic) bond motifs is 1. The van der Waals surface area contributed by atoms with Crippen LogP contribution in [-0.2, 0) is 11.2 Å². The summed E-state index contributed by atoms with van der Waals surface area (Å²) < 4.78 is 36.3. The van der Waals surface area contributed by atoms with Gasteiger partial charge in [0.25, 0.3) is 0 Å². The highest BCUT2D eigenvalue weighted by Gasteiger charge is 2.30. The second kappa shape index (κ2) is 5.15. The smallest absolute Gasteiger partial charge is 0.389 e. The molecule has 2 rings (SSSR count). The molecule has 1 heterocycles. The quantitative estimate of drug-likeness (QED) is 0.926. The van der Waals surface area contributed by atoms with Gasteiger partial charge in [0.2, 0.25) is 5.91 Å². The SMILES string of the molecule is O=C(O)c1ccc2c(c1)CC(=O)N2CCCC(F)(F)F. The lowest BCUT2D eigenvalue weighted by atomic mass is 10.1. The van der Waals surface area contributed by atoms with Gasteiger partial charge < -0.3 is 10.0 Å². The van der Waals surface area contributed by atoms with Gasteiger partial charge in [0.05, 0.1) is 12.0 Å². The van der Waals surface area contributed by atoms with E-state index < -0.39 is 18.6 Å². The normalized spacial score (nSPS) is 14.6. The fourth-order valence-corrected chi connectivity index (χ4v) is 2.20. The Labute approximate surface area is 112 Å². The highest BCUT2D eigenvalue weighted by atomic mass is 19.4. The number of aromatic carboxylic acids is 1. The largest absolute Gasteiger partial charge is 0.478 e.